The molecule has 36 heavy (non-hydrogen) atoms. The van der Waals surface area contributed by atoms with Gasteiger partial charge in [-0.05, 0) is 41.0 Å². The third-order valence-electron chi connectivity index (χ3n) is 5.91. The molecular formula is C26H20N8O2. The largest absolute Gasteiger partial charge is 0.436 e. The first-order valence-electron chi connectivity index (χ1n) is 11.3. The molecule has 3 heterocycles. The molecule has 2 N–H and O–H groups in total. The Morgan fingerprint density at radius 3 is 2.39 bits per heavy atom. The number of H-pyrrole nitrogens is 2. The van der Waals surface area contributed by atoms with E-state index in [1.54, 1.807) is 0 Å². The van der Waals surface area contributed by atoms with E-state index in [-0.39, 0.29) is 11.4 Å². The van der Waals surface area contributed by atoms with Gasteiger partial charge in [-0.25, -0.2) is 10.1 Å². The summed E-state index contributed by atoms with van der Waals surface area (Å²) in [5.41, 5.74) is 4.44. The van der Waals surface area contributed by atoms with Crippen molar-refractivity contribution in [1.82, 2.24) is 40.4 Å². The number of hydrogen-bond acceptors (Lipinski definition) is 7. The quantitative estimate of drug-likeness (QED) is 0.370. The lowest BCUT2D eigenvalue weighted by atomic mass is 9.98. The van der Waals surface area contributed by atoms with Crippen molar-refractivity contribution in [2.24, 2.45) is 0 Å². The van der Waals surface area contributed by atoms with E-state index in [1.165, 1.54) is 0 Å². The Hall–Kier alpha value is -5.12. The van der Waals surface area contributed by atoms with Crippen LogP contribution in [0.5, 0.6) is 11.6 Å². The van der Waals surface area contributed by atoms with Crippen LogP contribution in [-0.2, 0) is 6.54 Å². The molecule has 0 saturated carbocycles. The normalized spacial score (nSPS) is 11.1. The fraction of sp³-hybridized carbons (Fsp3) is 0.0769. The summed E-state index contributed by atoms with van der Waals surface area (Å²) in [7, 11) is 0. The molecule has 10 nitrogen and oxygen atoms in total. The van der Waals surface area contributed by atoms with Crippen LogP contribution in [0.15, 0.2) is 83.7 Å². The zero-order valence-electron chi connectivity index (χ0n) is 19.2. The maximum Gasteiger partial charge on any atom is 0.290 e. The number of fused-ring (bicyclic) bond motifs is 1. The minimum atomic E-state index is -0.323. The predicted molar refractivity (Wildman–Crippen MR) is 134 cm³/mol. The number of nitrogens with zero attached hydrogens (tertiary/aromatic N) is 6. The Kier molecular flexibility index (Phi) is 5.30. The van der Waals surface area contributed by atoms with E-state index in [4.69, 9.17) is 4.74 Å². The summed E-state index contributed by atoms with van der Waals surface area (Å²) >= 11 is 0. The van der Waals surface area contributed by atoms with Gasteiger partial charge in [0.2, 0.25) is 5.82 Å². The average molecular weight is 477 g/mol. The second-order valence-electron chi connectivity index (χ2n) is 8.19. The summed E-state index contributed by atoms with van der Waals surface area (Å²) in [6, 6.07) is 25.3. The first kappa shape index (κ1) is 21.4. The Morgan fingerprint density at radius 2 is 1.64 bits per heavy atom. The lowest BCUT2D eigenvalue weighted by Gasteiger charge is -2.10. The van der Waals surface area contributed by atoms with Crippen LogP contribution >= 0.6 is 0 Å². The molecule has 0 amide bonds. The molecule has 0 aliphatic carbocycles. The molecule has 0 spiro atoms. The van der Waals surface area contributed by atoms with E-state index in [1.807, 2.05) is 90.4 Å². The number of hydrogen-bond donors (Lipinski definition) is 2. The Morgan fingerprint density at radius 1 is 0.889 bits per heavy atom. The summed E-state index contributed by atoms with van der Waals surface area (Å²) in [6.07, 6.45) is 0. The molecule has 6 aromatic rings. The number of nitrogens with one attached hydrogen (secondary N) is 2. The average Bonchev–Trinajstić information content (AvgIpc) is 3.56. The van der Waals surface area contributed by atoms with E-state index in [9.17, 15) is 4.79 Å². The van der Waals surface area contributed by atoms with Crippen molar-refractivity contribution in [3.05, 3.63) is 101 Å². The van der Waals surface area contributed by atoms with Gasteiger partial charge in [-0.2, -0.15) is 5.21 Å². The molecule has 3 aromatic carbocycles. The summed E-state index contributed by atoms with van der Waals surface area (Å²) in [6.45, 7) is 2.33. The third kappa shape index (κ3) is 3.90. The van der Waals surface area contributed by atoms with Crippen LogP contribution in [0.4, 0.5) is 0 Å². The molecule has 0 saturated heterocycles. The molecular weight excluding hydrogens is 456 g/mol. The highest BCUT2D eigenvalue weighted by Crippen LogP contribution is 2.30. The third-order valence-corrected chi connectivity index (χ3v) is 5.91. The van der Waals surface area contributed by atoms with E-state index in [0.29, 0.717) is 35.0 Å². The van der Waals surface area contributed by atoms with Gasteiger partial charge in [-0.15, -0.1) is 15.3 Å². The maximum atomic E-state index is 12.7. The molecule has 3 aromatic heterocycles. The number of ether oxygens (including phenoxy) is 1. The molecule has 176 valence electrons. The van der Waals surface area contributed by atoms with Crippen LogP contribution in [0.1, 0.15) is 11.4 Å². The number of aromatic amines is 2. The van der Waals surface area contributed by atoms with Crippen molar-refractivity contribution >= 4 is 11.0 Å². The summed E-state index contributed by atoms with van der Waals surface area (Å²) in [5.74, 6) is 2.10. The molecule has 0 aliphatic heterocycles. The van der Waals surface area contributed by atoms with Crippen LogP contribution in [0, 0.1) is 6.92 Å². The fourth-order valence-corrected chi connectivity index (χ4v) is 4.19. The number of aromatic nitrogens is 8. The molecule has 0 bridgehead atoms. The number of benzene rings is 3. The SMILES string of the molecule is Cc1nc2c(Oc3ccccc3)n[nH]c(=O)c2n1Cc1ccc(-c2ccccc2-c2nn[nH]n2)cc1. The highest BCUT2D eigenvalue weighted by molar-refractivity contribution is 5.81. The van der Waals surface area contributed by atoms with Gasteiger partial charge in [0.25, 0.3) is 11.4 Å². The van der Waals surface area contributed by atoms with Gasteiger partial charge in [-0.3, -0.25) is 4.79 Å². The van der Waals surface area contributed by atoms with Gasteiger partial charge in [0.05, 0.1) is 0 Å². The number of tetrazole rings is 1. The van der Waals surface area contributed by atoms with Gasteiger partial charge < -0.3 is 9.30 Å². The van der Waals surface area contributed by atoms with Gasteiger partial charge in [0, 0.05) is 12.1 Å². The van der Waals surface area contributed by atoms with Crippen molar-refractivity contribution < 1.29 is 4.74 Å². The van der Waals surface area contributed by atoms with Crippen LogP contribution in [0.2, 0.25) is 0 Å². The molecule has 0 aliphatic rings. The summed E-state index contributed by atoms with van der Waals surface area (Å²) < 4.78 is 7.77. The van der Waals surface area contributed by atoms with Crippen molar-refractivity contribution in [1.29, 1.82) is 0 Å². The molecule has 0 radical (unpaired) electrons. The number of rotatable bonds is 6. The van der Waals surface area contributed by atoms with Crippen LogP contribution in [0.3, 0.4) is 0 Å². The topological polar surface area (TPSA) is 127 Å². The molecule has 6 rings (SSSR count). The minimum absolute atomic E-state index is 0.256. The number of para-hydroxylation sites is 1. The standard InChI is InChI=1S/C26H20N8O2/c1-16-27-22-23(25(35)30-31-26(22)36-19-7-3-2-4-8-19)34(16)15-17-11-13-18(14-12-17)20-9-5-6-10-21(20)24-28-32-33-29-24/h2-14H,15H2,1H3,(H,30,35)(H,28,29,32,33). The maximum absolute atomic E-state index is 12.7. The lowest BCUT2D eigenvalue weighted by molar-refractivity contribution is 0.460. The Labute approximate surface area is 204 Å². The van der Waals surface area contributed by atoms with Crippen LogP contribution in [-0.4, -0.2) is 40.4 Å². The van der Waals surface area contributed by atoms with Gasteiger partial charge in [0.1, 0.15) is 17.1 Å². The lowest BCUT2D eigenvalue weighted by Crippen LogP contribution is -2.14. The monoisotopic (exact) mass is 476 g/mol. The van der Waals surface area contributed by atoms with Crippen molar-refractivity contribution in [2.45, 2.75) is 13.5 Å². The first-order valence-corrected chi connectivity index (χ1v) is 11.3. The zero-order valence-corrected chi connectivity index (χ0v) is 19.2. The zero-order chi connectivity index (χ0) is 24.5. The number of aryl methyl sites for hydroxylation is 1. The minimum Gasteiger partial charge on any atom is -0.436 e. The van der Waals surface area contributed by atoms with E-state index >= 15 is 0 Å². The Bertz CT molecular complexity index is 1710. The van der Waals surface area contributed by atoms with E-state index < -0.39 is 0 Å². The smallest absolute Gasteiger partial charge is 0.290 e. The fourth-order valence-electron chi connectivity index (χ4n) is 4.19. The molecule has 0 unspecified atom stereocenters. The van der Waals surface area contributed by atoms with Crippen molar-refractivity contribution in [3.63, 3.8) is 0 Å². The Balaban J connectivity index is 1.33. The van der Waals surface area contributed by atoms with Crippen molar-refractivity contribution in [3.8, 4) is 34.1 Å². The molecule has 0 atom stereocenters. The second kappa shape index (κ2) is 8.91. The van der Waals surface area contributed by atoms with Gasteiger partial charge in [-0.1, -0.05) is 66.7 Å². The van der Waals surface area contributed by atoms with Crippen molar-refractivity contribution in [2.75, 3.05) is 0 Å². The highest BCUT2D eigenvalue weighted by Gasteiger charge is 2.18. The summed E-state index contributed by atoms with van der Waals surface area (Å²) in [4.78, 5) is 17.3. The van der Waals surface area contributed by atoms with Gasteiger partial charge in [0.15, 0.2) is 5.52 Å². The summed E-state index contributed by atoms with van der Waals surface area (Å²) in [5, 5.41) is 21.0. The van der Waals surface area contributed by atoms with Gasteiger partial charge >= 0.3 is 0 Å². The van der Waals surface area contributed by atoms with E-state index in [2.05, 4.69) is 35.8 Å². The van der Waals surface area contributed by atoms with E-state index in [0.717, 1.165) is 22.3 Å². The number of imidazole rings is 1. The second-order valence-corrected chi connectivity index (χ2v) is 8.19. The molecule has 0 fully saturated rings. The van der Waals surface area contributed by atoms with Crippen LogP contribution in [0.25, 0.3) is 33.5 Å². The highest BCUT2D eigenvalue weighted by atomic mass is 16.5. The predicted octanol–water partition coefficient (Wildman–Crippen LogP) is 4.12. The van der Waals surface area contributed by atoms with Crippen LogP contribution < -0.4 is 10.3 Å². The first-order chi connectivity index (χ1) is 17.7. The molecule has 10 heteroatoms.